The van der Waals surface area contributed by atoms with Crippen molar-refractivity contribution in [1.29, 1.82) is 0 Å². The summed E-state index contributed by atoms with van der Waals surface area (Å²) in [5.74, 6) is -1.49. The molecule has 5 nitrogen and oxygen atoms in total. The molecule has 2 aromatic carbocycles. The van der Waals surface area contributed by atoms with Crippen molar-refractivity contribution >= 4 is 22.7 Å². The van der Waals surface area contributed by atoms with E-state index in [1.165, 1.54) is 18.2 Å². The maximum absolute atomic E-state index is 14.5. The van der Waals surface area contributed by atoms with E-state index < -0.39 is 17.0 Å². The summed E-state index contributed by atoms with van der Waals surface area (Å²) >= 11 is 0. The Hall–Kier alpha value is -3.29. The number of hydrogen-bond acceptors (Lipinski definition) is 2. The van der Waals surface area contributed by atoms with Crippen LogP contribution < -0.4 is 10.6 Å². The minimum absolute atomic E-state index is 0.0318. The highest BCUT2D eigenvalue weighted by Gasteiger charge is 2.39. The zero-order chi connectivity index (χ0) is 24.0. The Bertz CT molecular complexity index is 1250. The van der Waals surface area contributed by atoms with Crippen LogP contribution in [-0.4, -0.2) is 29.9 Å². The third-order valence-corrected chi connectivity index (χ3v) is 7.32. The van der Waals surface area contributed by atoms with Gasteiger partial charge in [-0.15, -0.1) is 0 Å². The summed E-state index contributed by atoms with van der Waals surface area (Å²) in [5.41, 5.74) is 1.82. The minimum atomic E-state index is -0.666. The maximum atomic E-state index is 14.5. The molecule has 2 amide bonds. The van der Waals surface area contributed by atoms with E-state index >= 15 is 0 Å². The molecule has 0 bridgehead atoms. The summed E-state index contributed by atoms with van der Waals surface area (Å²) in [6.45, 7) is 2.70. The molecule has 1 aromatic heterocycles. The van der Waals surface area contributed by atoms with Gasteiger partial charge in [-0.1, -0.05) is 0 Å². The van der Waals surface area contributed by atoms with Crippen LogP contribution in [0.25, 0.3) is 22.2 Å². The summed E-state index contributed by atoms with van der Waals surface area (Å²) in [7, 11) is 0. The Balaban J connectivity index is 1.33. The Labute approximate surface area is 195 Å². The number of halogens is 3. The average molecular weight is 470 g/mol. The first kappa shape index (κ1) is 22.5. The molecule has 1 saturated carbocycles. The lowest BCUT2D eigenvalue weighted by Gasteiger charge is -2.38. The monoisotopic (exact) mass is 469 g/mol. The van der Waals surface area contributed by atoms with Crippen molar-refractivity contribution in [1.82, 2.24) is 15.6 Å². The lowest BCUT2D eigenvalue weighted by atomic mass is 9.70. The molecule has 1 aliphatic heterocycles. The van der Waals surface area contributed by atoms with E-state index in [1.807, 2.05) is 6.92 Å². The van der Waals surface area contributed by atoms with Crippen molar-refractivity contribution < 1.29 is 22.8 Å². The number of amides is 2. The Morgan fingerprint density at radius 1 is 1.12 bits per heavy atom. The average Bonchev–Trinajstić information content (AvgIpc) is 3.14. The van der Waals surface area contributed by atoms with Gasteiger partial charge in [-0.25, -0.2) is 13.2 Å². The van der Waals surface area contributed by atoms with E-state index in [4.69, 9.17) is 0 Å². The van der Waals surface area contributed by atoms with Crippen molar-refractivity contribution in [3.8, 4) is 11.3 Å². The van der Waals surface area contributed by atoms with E-state index in [-0.39, 0.29) is 35.0 Å². The van der Waals surface area contributed by atoms with Crippen molar-refractivity contribution in [2.24, 2.45) is 11.3 Å². The topological polar surface area (TPSA) is 74.0 Å². The molecule has 0 spiro atoms. The third-order valence-electron chi connectivity index (χ3n) is 7.32. The first-order valence-corrected chi connectivity index (χ1v) is 11.5. The minimum Gasteiger partial charge on any atom is -0.355 e. The number of rotatable bonds is 5. The fourth-order valence-electron chi connectivity index (χ4n) is 5.15. The largest absolute Gasteiger partial charge is 0.355 e. The quantitative estimate of drug-likeness (QED) is 0.503. The molecule has 2 heterocycles. The normalized spacial score (nSPS) is 24.5. The molecule has 3 aromatic rings. The second-order valence-corrected chi connectivity index (χ2v) is 9.81. The van der Waals surface area contributed by atoms with Crippen LogP contribution >= 0.6 is 0 Å². The number of piperidine rings is 1. The van der Waals surface area contributed by atoms with Gasteiger partial charge in [-0.3, -0.25) is 9.59 Å². The molecular weight excluding hydrogens is 443 g/mol. The lowest BCUT2D eigenvalue weighted by Crippen LogP contribution is -2.51. The van der Waals surface area contributed by atoms with E-state index in [2.05, 4.69) is 15.6 Å². The first-order chi connectivity index (χ1) is 16.2. The third kappa shape index (κ3) is 4.06. The van der Waals surface area contributed by atoms with Gasteiger partial charge >= 0.3 is 0 Å². The van der Waals surface area contributed by atoms with E-state index in [1.54, 1.807) is 12.1 Å². The summed E-state index contributed by atoms with van der Waals surface area (Å²) in [6, 6.07) is 8.12. The SMILES string of the molecule is CC1(C(=O)NCC2CC(c3c(-c4ccc(F)cc4)[nH]c4c(F)cc(F)cc34)C2)CCC(=O)NC1. The lowest BCUT2D eigenvalue weighted by molar-refractivity contribution is -0.134. The molecule has 34 heavy (non-hydrogen) atoms. The van der Waals surface area contributed by atoms with Crippen molar-refractivity contribution in [3.05, 3.63) is 59.4 Å². The highest BCUT2D eigenvalue weighted by molar-refractivity contribution is 5.92. The fourth-order valence-corrected chi connectivity index (χ4v) is 5.15. The number of aromatic amines is 1. The molecular formula is C26H26F3N3O2. The van der Waals surface area contributed by atoms with Crippen LogP contribution in [0.2, 0.25) is 0 Å². The number of carbonyl (C=O) groups is 2. The van der Waals surface area contributed by atoms with E-state index in [0.29, 0.717) is 42.6 Å². The molecule has 1 aliphatic carbocycles. The van der Waals surface area contributed by atoms with Gasteiger partial charge in [0, 0.05) is 31.0 Å². The predicted molar refractivity (Wildman–Crippen MR) is 122 cm³/mol. The van der Waals surface area contributed by atoms with Crippen LogP contribution in [0.4, 0.5) is 13.2 Å². The smallest absolute Gasteiger partial charge is 0.227 e. The van der Waals surface area contributed by atoms with E-state index in [0.717, 1.165) is 24.5 Å². The van der Waals surface area contributed by atoms with Crippen LogP contribution in [0.3, 0.4) is 0 Å². The highest BCUT2D eigenvalue weighted by atomic mass is 19.1. The van der Waals surface area contributed by atoms with Crippen LogP contribution in [0.1, 0.15) is 44.1 Å². The Morgan fingerprint density at radius 2 is 1.85 bits per heavy atom. The standard InChI is InChI=1S/C26H26F3N3O2/c1-26(7-6-21(33)31-13-26)25(34)30-12-14-8-16(9-14)22-19-10-18(28)11-20(29)24(19)32-23(22)15-2-4-17(27)5-3-15/h2-5,10-11,14,16,32H,6-9,12-13H2,1H3,(H,30,34)(H,31,33). The molecule has 3 N–H and O–H groups in total. The predicted octanol–water partition coefficient (Wildman–Crippen LogP) is 4.78. The number of carbonyl (C=O) groups excluding carboxylic acids is 2. The second kappa shape index (κ2) is 8.49. The number of nitrogens with one attached hydrogen (secondary N) is 3. The van der Waals surface area contributed by atoms with Gasteiger partial charge in [0.05, 0.1) is 16.6 Å². The molecule has 2 aliphatic rings. The fraction of sp³-hybridized carbons (Fsp3) is 0.385. The Morgan fingerprint density at radius 3 is 2.53 bits per heavy atom. The highest BCUT2D eigenvalue weighted by Crippen LogP contribution is 2.48. The van der Waals surface area contributed by atoms with Crippen molar-refractivity contribution in [3.63, 3.8) is 0 Å². The number of hydrogen-bond donors (Lipinski definition) is 3. The van der Waals surface area contributed by atoms with Crippen LogP contribution in [-0.2, 0) is 9.59 Å². The summed E-state index contributed by atoms with van der Waals surface area (Å²) in [6.07, 6.45) is 2.38. The number of aromatic nitrogens is 1. The van der Waals surface area contributed by atoms with Crippen molar-refractivity contribution in [2.45, 2.75) is 38.5 Å². The molecule has 1 unspecified atom stereocenters. The second-order valence-electron chi connectivity index (χ2n) is 9.81. The Kier molecular flexibility index (Phi) is 5.62. The summed E-state index contributed by atoms with van der Waals surface area (Å²) in [4.78, 5) is 27.2. The first-order valence-electron chi connectivity index (χ1n) is 11.5. The maximum Gasteiger partial charge on any atom is 0.227 e. The zero-order valence-corrected chi connectivity index (χ0v) is 18.8. The molecule has 5 rings (SSSR count). The number of benzene rings is 2. The van der Waals surface area contributed by atoms with Gasteiger partial charge in [-0.2, -0.15) is 0 Å². The van der Waals surface area contributed by atoms with Gasteiger partial charge < -0.3 is 15.6 Å². The van der Waals surface area contributed by atoms with Gasteiger partial charge in [-0.05, 0) is 79.5 Å². The van der Waals surface area contributed by atoms with Gasteiger partial charge in [0.1, 0.15) is 17.5 Å². The molecule has 178 valence electrons. The van der Waals surface area contributed by atoms with Crippen LogP contribution in [0.15, 0.2) is 36.4 Å². The van der Waals surface area contributed by atoms with Crippen LogP contribution in [0, 0.1) is 28.8 Å². The number of H-pyrrole nitrogens is 1. The van der Waals surface area contributed by atoms with Gasteiger partial charge in [0.2, 0.25) is 11.8 Å². The van der Waals surface area contributed by atoms with Gasteiger partial charge in [0.15, 0.2) is 0 Å². The molecule has 8 heteroatoms. The molecule has 1 atom stereocenters. The zero-order valence-electron chi connectivity index (χ0n) is 18.8. The van der Waals surface area contributed by atoms with Crippen LogP contribution in [0.5, 0.6) is 0 Å². The molecule has 2 fully saturated rings. The molecule has 0 radical (unpaired) electrons. The van der Waals surface area contributed by atoms with Gasteiger partial charge in [0.25, 0.3) is 0 Å². The summed E-state index contributed by atoms with van der Waals surface area (Å²) < 4.78 is 42.1. The summed E-state index contributed by atoms with van der Waals surface area (Å²) in [5, 5.41) is 6.28. The van der Waals surface area contributed by atoms with Crippen molar-refractivity contribution in [2.75, 3.05) is 13.1 Å². The van der Waals surface area contributed by atoms with E-state index in [9.17, 15) is 22.8 Å². The number of fused-ring (bicyclic) bond motifs is 1. The molecule has 1 saturated heterocycles.